The van der Waals surface area contributed by atoms with Crippen molar-refractivity contribution in [2.45, 2.75) is 63.5 Å². The van der Waals surface area contributed by atoms with Gasteiger partial charge in [0.05, 0.1) is 6.10 Å². The number of rotatable bonds is 4. The van der Waals surface area contributed by atoms with Crippen LogP contribution < -0.4 is 5.73 Å². The van der Waals surface area contributed by atoms with E-state index in [1.165, 1.54) is 38.5 Å². The molecule has 0 aromatic heterocycles. The van der Waals surface area contributed by atoms with Gasteiger partial charge in [0, 0.05) is 12.6 Å². The van der Waals surface area contributed by atoms with Gasteiger partial charge in [-0.2, -0.15) is 0 Å². The van der Waals surface area contributed by atoms with Gasteiger partial charge < -0.3 is 15.7 Å². The maximum Gasteiger partial charge on any atom is 0.0695 e. The van der Waals surface area contributed by atoms with Crippen LogP contribution in [0.5, 0.6) is 0 Å². The largest absolute Gasteiger partial charge is 0.391 e. The van der Waals surface area contributed by atoms with Crippen molar-refractivity contribution >= 4 is 0 Å². The van der Waals surface area contributed by atoms with Crippen LogP contribution in [0.4, 0.5) is 0 Å². The molecule has 17 heavy (non-hydrogen) atoms. The van der Waals surface area contributed by atoms with E-state index in [0.29, 0.717) is 11.5 Å². The number of hydrogen-bond donors (Lipinski definition) is 2. The fraction of sp³-hybridized carbons (Fsp3) is 1.00. The monoisotopic (exact) mass is 240 g/mol. The summed E-state index contributed by atoms with van der Waals surface area (Å²) in [6.07, 6.45) is 9.67. The van der Waals surface area contributed by atoms with Crippen LogP contribution in [0.25, 0.3) is 0 Å². The van der Waals surface area contributed by atoms with Crippen LogP contribution in [0.3, 0.4) is 0 Å². The van der Waals surface area contributed by atoms with Gasteiger partial charge in [0.15, 0.2) is 0 Å². The molecule has 0 spiro atoms. The summed E-state index contributed by atoms with van der Waals surface area (Å²) in [4.78, 5) is 2.39. The molecule has 0 amide bonds. The van der Waals surface area contributed by atoms with Gasteiger partial charge in [0.2, 0.25) is 0 Å². The highest BCUT2D eigenvalue weighted by molar-refractivity contribution is 4.91. The topological polar surface area (TPSA) is 49.5 Å². The van der Waals surface area contributed by atoms with Gasteiger partial charge in [-0.25, -0.2) is 0 Å². The SMILES string of the molecule is CN(CC1(CN)CCCC1)C1CCCCC1O. The fourth-order valence-corrected chi connectivity index (χ4v) is 3.80. The standard InChI is InChI=1S/C14H28N2O/c1-16(12-6-2-3-7-13(12)17)11-14(10-15)8-4-5-9-14/h12-13,17H,2-11,15H2,1H3. The van der Waals surface area contributed by atoms with Crippen molar-refractivity contribution < 1.29 is 5.11 Å². The summed E-state index contributed by atoms with van der Waals surface area (Å²) in [5.41, 5.74) is 6.33. The average molecular weight is 240 g/mol. The van der Waals surface area contributed by atoms with E-state index in [9.17, 15) is 5.11 Å². The number of hydrogen-bond acceptors (Lipinski definition) is 3. The lowest BCUT2D eigenvalue weighted by atomic mass is 9.84. The Bertz CT molecular complexity index is 238. The molecule has 3 N–H and O–H groups in total. The predicted octanol–water partition coefficient (Wildman–Crippen LogP) is 1.74. The minimum atomic E-state index is -0.120. The molecular formula is C14H28N2O. The van der Waals surface area contributed by atoms with Crippen molar-refractivity contribution in [3.8, 4) is 0 Å². The molecule has 2 saturated carbocycles. The first-order valence-electron chi connectivity index (χ1n) is 7.25. The Kier molecular flexibility index (Phi) is 4.45. The summed E-state index contributed by atoms with van der Waals surface area (Å²) in [6.45, 7) is 1.88. The zero-order chi connectivity index (χ0) is 12.3. The number of nitrogens with two attached hydrogens (primary N) is 1. The van der Waals surface area contributed by atoms with Crippen molar-refractivity contribution in [1.82, 2.24) is 4.90 Å². The van der Waals surface area contributed by atoms with E-state index in [1.54, 1.807) is 0 Å². The van der Waals surface area contributed by atoms with E-state index in [1.807, 2.05) is 0 Å². The van der Waals surface area contributed by atoms with E-state index >= 15 is 0 Å². The predicted molar refractivity (Wildman–Crippen MR) is 70.8 cm³/mol. The Balaban J connectivity index is 1.92. The second kappa shape index (κ2) is 5.68. The maximum atomic E-state index is 10.1. The highest BCUT2D eigenvalue weighted by Gasteiger charge is 2.36. The van der Waals surface area contributed by atoms with Crippen LogP contribution >= 0.6 is 0 Å². The van der Waals surface area contributed by atoms with E-state index in [4.69, 9.17) is 5.73 Å². The summed E-state index contributed by atoms with van der Waals surface area (Å²) in [7, 11) is 2.18. The lowest BCUT2D eigenvalue weighted by Gasteiger charge is -2.40. The van der Waals surface area contributed by atoms with Crippen molar-refractivity contribution in [3.63, 3.8) is 0 Å². The minimum absolute atomic E-state index is 0.120. The third kappa shape index (κ3) is 3.01. The van der Waals surface area contributed by atoms with Gasteiger partial charge in [-0.3, -0.25) is 0 Å². The molecule has 0 bridgehead atoms. The molecule has 2 unspecified atom stereocenters. The quantitative estimate of drug-likeness (QED) is 0.787. The van der Waals surface area contributed by atoms with E-state index in [-0.39, 0.29) is 6.10 Å². The Morgan fingerprint density at radius 3 is 2.41 bits per heavy atom. The molecule has 0 heterocycles. The highest BCUT2D eigenvalue weighted by Crippen LogP contribution is 2.38. The van der Waals surface area contributed by atoms with Gasteiger partial charge in [-0.15, -0.1) is 0 Å². The van der Waals surface area contributed by atoms with E-state index in [0.717, 1.165) is 25.9 Å². The summed E-state index contributed by atoms with van der Waals surface area (Å²) >= 11 is 0. The molecule has 3 heteroatoms. The molecule has 0 radical (unpaired) electrons. The molecule has 2 rings (SSSR count). The molecule has 0 aromatic rings. The zero-order valence-corrected chi connectivity index (χ0v) is 11.2. The van der Waals surface area contributed by atoms with Crippen molar-refractivity contribution in [1.29, 1.82) is 0 Å². The molecule has 100 valence electrons. The number of nitrogens with zero attached hydrogens (tertiary/aromatic N) is 1. The van der Waals surface area contributed by atoms with Crippen LogP contribution in [0.1, 0.15) is 51.4 Å². The third-order valence-electron chi connectivity index (χ3n) is 4.94. The highest BCUT2D eigenvalue weighted by atomic mass is 16.3. The smallest absolute Gasteiger partial charge is 0.0695 e. The number of aliphatic hydroxyl groups excluding tert-OH is 1. The lowest BCUT2D eigenvalue weighted by molar-refractivity contribution is 0.0140. The molecule has 2 aliphatic carbocycles. The molecule has 0 aliphatic heterocycles. The van der Waals surface area contributed by atoms with Crippen LogP contribution in [0.15, 0.2) is 0 Å². The fourth-order valence-electron chi connectivity index (χ4n) is 3.80. The first kappa shape index (κ1) is 13.3. The Labute approximate surface area is 105 Å². The Morgan fingerprint density at radius 2 is 1.82 bits per heavy atom. The second-order valence-corrected chi connectivity index (χ2v) is 6.25. The van der Waals surface area contributed by atoms with Gasteiger partial charge >= 0.3 is 0 Å². The molecule has 0 saturated heterocycles. The maximum absolute atomic E-state index is 10.1. The van der Waals surface area contributed by atoms with Crippen LogP contribution in [-0.4, -0.2) is 42.3 Å². The van der Waals surface area contributed by atoms with Gasteiger partial charge in [0.25, 0.3) is 0 Å². The Hall–Kier alpha value is -0.120. The summed E-state index contributed by atoms with van der Waals surface area (Å²) < 4.78 is 0. The first-order valence-corrected chi connectivity index (χ1v) is 7.25. The van der Waals surface area contributed by atoms with Gasteiger partial charge in [-0.1, -0.05) is 25.7 Å². The zero-order valence-electron chi connectivity index (χ0n) is 11.2. The van der Waals surface area contributed by atoms with E-state index < -0.39 is 0 Å². The second-order valence-electron chi connectivity index (χ2n) is 6.25. The average Bonchev–Trinajstić information content (AvgIpc) is 2.79. The molecule has 2 fully saturated rings. The molecule has 2 aliphatic rings. The van der Waals surface area contributed by atoms with Gasteiger partial charge in [0.1, 0.15) is 0 Å². The van der Waals surface area contributed by atoms with E-state index in [2.05, 4.69) is 11.9 Å². The van der Waals surface area contributed by atoms with Crippen molar-refractivity contribution in [3.05, 3.63) is 0 Å². The summed E-state index contributed by atoms with van der Waals surface area (Å²) in [6, 6.07) is 0.368. The molecule has 2 atom stereocenters. The third-order valence-corrected chi connectivity index (χ3v) is 4.94. The minimum Gasteiger partial charge on any atom is -0.391 e. The number of likely N-dealkylation sites (N-methyl/N-ethyl adjacent to an activating group) is 1. The number of aliphatic hydroxyl groups is 1. The lowest BCUT2D eigenvalue weighted by Crippen LogP contribution is -2.49. The Morgan fingerprint density at radius 1 is 1.18 bits per heavy atom. The van der Waals surface area contributed by atoms with Crippen molar-refractivity contribution in [2.24, 2.45) is 11.1 Å². The van der Waals surface area contributed by atoms with Gasteiger partial charge in [-0.05, 0) is 44.7 Å². The first-order chi connectivity index (χ1) is 8.17. The van der Waals surface area contributed by atoms with Crippen LogP contribution in [0, 0.1) is 5.41 Å². The van der Waals surface area contributed by atoms with Crippen LogP contribution in [0.2, 0.25) is 0 Å². The normalized spacial score (nSPS) is 33.2. The molecule has 3 nitrogen and oxygen atoms in total. The summed E-state index contributed by atoms with van der Waals surface area (Å²) in [5.74, 6) is 0. The van der Waals surface area contributed by atoms with Crippen LogP contribution in [-0.2, 0) is 0 Å². The molecular weight excluding hydrogens is 212 g/mol. The van der Waals surface area contributed by atoms with Crippen molar-refractivity contribution in [2.75, 3.05) is 20.1 Å². The molecule has 0 aromatic carbocycles. The summed E-state index contributed by atoms with van der Waals surface area (Å²) in [5, 5.41) is 10.1.